The van der Waals surface area contributed by atoms with E-state index < -0.39 is 31.0 Å². The molecule has 2 aromatic carbocycles. The van der Waals surface area contributed by atoms with Crippen LogP contribution in [0.2, 0.25) is 18.1 Å². The van der Waals surface area contributed by atoms with Gasteiger partial charge in [-0.15, -0.1) is 0 Å². The van der Waals surface area contributed by atoms with Crippen molar-refractivity contribution in [3.05, 3.63) is 79.8 Å². The zero-order valence-corrected chi connectivity index (χ0v) is 33.5. The van der Waals surface area contributed by atoms with Crippen LogP contribution in [0, 0.1) is 17.0 Å². The number of rotatable bonds is 17. The Morgan fingerprint density at radius 2 is 1.76 bits per heavy atom. The number of nitrogens with zero attached hydrogens (tertiary/aromatic N) is 4. The van der Waals surface area contributed by atoms with Crippen molar-refractivity contribution >= 4 is 59.0 Å². The van der Waals surface area contributed by atoms with Gasteiger partial charge in [0.2, 0.25) is 17.6 Å². The Morgan fingerprint density at radius 1 is 1.09 bits per heavy atom. The van der Waals surface area contributed by atoms with Gasteiger partial charge in [0.15, 0.2) is 24.7 Å². The number of carbonyl (C=O) groups excluding carboxylic acids is 3. The van der Waals surface area contributed by atoms with Crippen LogP contribution >= 0.6 is 11.3 Å². The summed E-state index contributed by atoms with van der Waals surface area (Å²) in [6.07, 6.45) is 4.47. The number of anilines is 1. The third kappa shape index (κ3) is 9.60. The lowest BCUT2D eigenvalue weighted by atomic mass is 10.1. The maximum atomic E-state index is 13.3. The highest BCUT2D eigenvalue weighted by atomic mass is 32.1. The number of aromatic nitrogens is 2. The zero-order valence-electron chi connectivity index (χ0n) is 31.7. The first-order valence-electron chi connectivity index (χ1n) is 17.2. The van der Waals surface area contributed by atoms with E-state index in [1.807, 2.05) is 6.92 Å². The monoisotopic (exact) mass is 781 g/mol. The van der Waals surface area contributed by atoms with E-state index in [9.17, 15) is 24.5 Å². The van der Waals surface area contributed by atoms with Crippen molar-refractivity contribution < 1.29 is 37.6 Å². The van der Waals surface area contributed by atoms with Gasteiger partial charge in [-0.25, -0.2) is 4.98 Å². The largest absolute Gasteiger partial charge is 0.494 e. The van der Waals surface area contributed by atoms with Gasteiger partial charge < -0.3 is 39.7 Å². The number of ether oxygens (including phenoxy) is 2. The first-order valence-corrected chi connectivity index (χ1v) is 20.9. The maximum absolute atomic E-state index is 13.3. The lowest BCUT2D eigenvalue weighted by Gasteiger charge is -2.36. The molecule has 0 radical (unpaired) electrons. The molecule has 0 atom stereocenters. The fourth-order valence-corrected chi connectivity index (χ4v) is 7.31. The molecule has 16 nitrogen and oxygen atoms in total. The smallest absolute Gasteiger partial charge is 0.317 e. The number of nitrogens with one attached hydrogen (secondary N) is 1. The summed E-state index contributed by atoms with van der Waals surface area (Å²) in [5, 5.41) is 15.2. The molecule has 0 fully saturated rings. The summed E-state index contributed by atoms with van der Waals surface area (Å²) >= 11 is 1.15. The molecule has 4 aromatic rings. The molecule has 0 saturated carbocycles. The molecular formula is C36H47N7O9SSi. The molecule has 0 aliphatic carbocycles. The Balaban J connectivity index is 1.63. The van der Waals surface area contributed by atoms with Crippen molar-refractivity contribution in [3.63, 3.8) is 0 Å². The fraction of sp³-hybridized carbons (Fsp3) is 0.417. The van der Waals surface area contributed by atoms with Crippen LogP contribution in [-0.2, 0) is 17.4 Å². The fourth-order valence-electron chi connectivity index (χ4n) is 5.13. The Hall–Kier alpha value is -5.33. The number of nitro benzene ring substituents is 1. The first-order chi connectivity index (χ1) is 25.4. The molecule has 5 N–H and O–H groups in total. The Morgan fingerprint density at radius 3 is 2.37 bits per heavy atom. The highest BCUT2D eigenvalue weighted by molar-refractivity contribution is 7.16. The Bertz CT molecular complexity index is 2160. The minimum atomic E-state index is -1.98. The number of hydrogen-bond donors (Lipinski definition) is 3. The van der Waals surface area contributed by atoms with Gasteiger partial charge in [0.25, 0.3) is 5.69 Å². The van der Waals surface area contributed by atoms with E-state index in [0.717, 1.165) is 17.4 Å². The van der Waals surface area contributed by atoms with Crippen molar-refractivity contribution in [1.29, 1.82) is 0 Å². The molecule has 290 valence electrons. The predicted molar refractivity (Wildman–Crippen MR) is 208 cm³/mol. The van der Waals surface area contributed by atoms with Crippen LogP contribution in [0.4, 0.5) is 11.4 Å². The standard InChI is InChI=1S/C36H47N7O9SSi/c1-9-24-31(52-21(2)40-24)34(46)41-35-42(30-27(49-6)19-23(33(38)45)20-28(30)53-35)14-11-10-13-39-29-25(43(47)48)17-22(32(37)44)18-26(29)50-15-12-16-51-54(7,8)36(3,4)5/h10-11,17-20,39H,9,12-16H2,1-8H3,(H2,37,44)(H2,38,45)/b11-10+,41-35-. The van der Waals surface area contributed by atoms with Gasteiger partial charge in [-0.2, -0.15) is 4.99 Å². The minimum absolute atomic E-state index is 0.0355. The maximum Gasteiger partial charge on any atom is 0.317 e. The number of aryl methyl sites for hydroxylation is 2. The summed E-state index contributed by atoms with van der Waals surface area (Å²) in [6, 6.07) is 5.59. The van der Waals surface area contributed by atoms with Gasteiger partial charge in [0.05, 0.1) is 29.0 Å². The van der Waals surface area contributed by atoms with Crippen LogP contribution in [-0.4, -0.2) is 67.4 Å². The summed E-state index contributed by atoms with van der Waals surface area (Å²) in [7, 11) is -0.529. The number of benzene rings is 2. The Kier molecular flexibility index (Phi) is 13.2. The summed E-state index contributed by atoms with van der Waals surface area (Å²) < 4.78 is 25.7. The van der Waals surface area contributed by atoms with E-state index in [-0.39, 0.29) is 63.5 Å². The van der Waals surface area contributed by atoms with Crippen LogP contribution in [0.3, 0.4) is 0 Å². The molecule has 2 aromatic heterocycles. The van der Waals surface area contributed by atoms with Crippen molar-refractivity contribution in [3.8, 4) is 11.5 Å². The lowest BCUT2D eigenvalue weighted by Crippen LogP contribution is -2.41. The number of hydrogen-bond acceptors (Lipinski definition) is 12. The number of primary amides is 2. The number of oxazole rings is 1. The average Bonchev–Trinajstić information content (AvgIpc) is 3.65. The second-order valence-electron chi connectivity index (χ2n) is 13.8. The molecule has 0 bridgehead atoms. The van der Waals surface area contributed by atoms with Crippen LogP contribution in [0.5, 0.6) is 11.5 Å². The summed E-state index contributed by atoms with van der Waals surface area (Å²) in [6.45, 7) is 15.1. The van der Waals surface area contributed by atoms with Gasteiger partial charge in [0.1, 0.15) is 17.0 Å². The van der Waals surface area contributed by atoms with E-state index in [4.69, 9.17) is 29.8 Å². The van der Waals surface area contributed by atoms with Gasteiger partial charge >= 0.3 is 5.91 Å². The number of thiazole rings is 1. The number of carbonyl (C=O) groups is 3. The second-order valence-corrected chi connectivity index (χ2v) is 19.6. The summed E-state index contributed by atoms with van der Waals surface area (Å²) in [5.74, 6) is -1.30. The highest BCUT2D eigenvalue weighted by Gasteiger charge is 2.37. The normalized spacial score (nSPS) is 12.4. The van der Waals surface area contributed by atoms with Crippen molar-refractivity contribution in [1.82, 2.24) is 9.55 Å². The van der Waals surface area contributed by atoms with Crippen LogP contribution < -0.4 is 31.1 Å². The van der Waals surface area contributed by atoms with E-state index in [1.54, 1.807) is 29.7 Å². The van der Waals surface area contributed by atoms with Crippen LogP contribution in [0.1, 0.15) is 77.0 Å². The molecule has 0 aliphatic rings. The third-order valence-corrected chi connectivity index (χ3v) is 14.6. The van der Waals surface area contributed by atoms with Crippen LogP contribution in [0.15, 0.2) is 45.8 Å². The Labute approximate surface area is 317 Å². The van der Waals surface area contributed by atoms with E-state index in [0.29, 0.717) is 47.0 Å². The van der Waals surface area contributed by atoms with Crippen molar-refractivity contribution in [2.45, 2.75) is 72.1 Å². The number of fused-ring (bicyclic) bond motifs is 1. The molecule has 0 spiro atoms. The van der Waals surface area contributed by atoms with E-state index in [1.165, 1.54) is 19.2 Å². The van der Waals surface area contributed by atoms with E-state index >= 15 is 0 Å². The lowest BCUT2D eigenvalue weighted by molar-refractivity contribution is -0.384. The minimum Gasteiger partial charge on any atom is -0.494 e. The molecule has 0 aliphatic heterocycles. The topological polar surface area (TPSA) is 229 Å². The number of allylic oxidation sites excluding steroid dienone is 1. The molecule has 4 rings (SSSR count). The number of amides is 3. The summed E-state index contributed by atoms with van der Waals surface area (Å²) in [5.41, 5.74) is 11.9. The molecule has 0 saturated heterocycles. The third-order valence-electron chi connectivity index (χ3n) is 9.01. The quantitative estimate of drug-likeness (QED) is 0.0377. The number of nitrogens with two attached hydrogens (primary N) is 2. The number of nitro groups is 1. The van der Waals surface area contributed by atoms with Gasteiger partial charge in [0, 0.05) is 50.2 Å². The van der Waals surface area contributed by atoms with Gasteiger partial charge in [-0.1, -0.05) is 51.2 Å². The SMILES string of the molecule is CCc1nc(C)oc1C(=O)/N=c1\sc2cc(C(N)=O)cc(OC)c2n1C/C=C/CNc1c(OCCCO[Si](C)(C)C(C)(C)C)cc(C(N)=O)cc1[N+](=O)[O-]. The predicted octanol–water partition coefficient (Wildman–Crippen LogP) is 5.88. The highest BCUT2D eigenvalue weighted by Crippen LogP contribution is 2.38. The molecule has 18 heteroatoms. The van der Waals surface area contributed by atoms with Gasteiger partial charge in [-0.05, 0) is 42.8 Å². The molecule has 3 amide bonds. The average molecular weight is 782 g/mol. The van der Waals surface area contributed by atoms with Gasteiger partial charge in [-0.3, -0.25) is 24.5 Å². The summed E-state index contributed by atoms with van der Waals surface area (Å²) in [4.78, 5) is 57.9. The molecule has 0 unspecified atom stereocenters. The molecule has 2 heterocycles. The van der Waals surface area contributed by atoms with Crippen molar-refractivity contribution in [2.24, 2.45) is 16.5 Å². The first kappa shape index (κ1) is 41.4. The number of methoxy groups -OCH3 is 1. The van der Waals surface area contributed by atoms with E-state index in [2.05, 4.69) is 49.2 Å². The van der Waals surface area contributed by atoms with Crippen molar-refractivity contribution in [2.75, 3.05) is 32.2 Å². The van der Waals surface area contributed by atoms with Crippen LogP contribution in [0.25, 0.3) is 10.2 Å². The molecular weight excluding hydrogens is 735 g/mol. The second kappa shape index (κ2) is 17.2. The zero-order chi connectivity index (χ0) is 40.0. The molecule has 54 heavy (non-hydrogen) atoms.